The van der Waals surface area contributed by atoms with Gasteiger partial charge in [0.25, 0.3) is 0 Å². The van der Waals surface area contributed by atoms with Crippen LogP contribution in [0.25, 0.3) is 0 Å². The number of morpholine rings is 1. The molecule has 0 unspecified atom stereocenters. The first kappa shape index (κ1) is 19.6. The van der Waals surface area contributed by atoms with Gasteiger partial charge in [-0.1, -0.05) is 42.0 Å². The summed E-state index contributed by atoms with van der Waals surface area (Å²) >= 11 is 5.72. The maximum atomic E-state index is 5.97. The fourth-order valence-electron chi connectivity index (χ4n) is 3.29. The molecule has 1 saturated heterocycles. The Morgan fingerprint density at radius 1 is 1.07 bits per heavy atom. The highest BCUT2D eigenvalue weighted by molar-refractivity contribution is 7.80. The Bertz CT molecular complexity index is 781. The third kappa shape index (κ3) is 4.99. The van der Waals surface area contributed by atoms with Crippen LogP contribution in [-0.2, 0) is 11.3 Å². The molecule has 2 aromatic carbocycles. The standard InChI is InChI=1S/C22H27NO3S/c1-15-5-7-18(8-6-15)14-25-20-10-9-19(11-21(20)24-4)22(27)23-12-16(2)26-17(3)13-23/h5-11,16-17H,12-14H2,1-4H3/t16-,17-/m0/s1. The van der Waals surface area contributed by atoms with Crippen LogP contribution in [0.2, 0.25) is 0 Å². The summed E-state index contributed by atoms with van der Waals surface area (Å²) in [6, 6.07) is 14.2. The predicted molar refractivity (Wildman–Crippen MR) is 112 cm³/mol. The van der Waals surface area contributed by atoms with E-state index in [-0.39, 0.29) is 12.2 Å². The maximum Gasteiger partial charge on any atom is 0.161 e. The molecule has 27 heavy (non-hydrogen) atoms. The van der Waals surface area contributed by atoms with Crippen LogP contribution in [0.15, 0.2) is 42.5 Å². The second-order valence-corrected chi connectivity index (χ2v) is 7.49. The summed E-state index contributed by atoms with van der Waals surface area (Å²) < 4.78 is 17.3. The molecule has 144 valence electrons. The van der Waals surface area contributed by atoms with Crippen molar-refractivity contribution in [3.05, 3.63) is 59.2 Å². The molecule has 2 atom stereocenters. The molecule has 0 aromatic heterocycles. The first-order valence-electron chi connectivity index (χ1n) is 9.27. The van der Waals surface area contributed by atoms with E-state index in [2.05, 4.69) is 49.9 Å². The van der Waals surface area contributed by atoms with Crippen molar-refractivity contribution in [2.75, 3.05) is 20.2 Å². The van der Waals surface area contributed by atoms with Crippen molar-refractivity contribution in [3.8, 4) is 11.5 Å². The fraction of sp³-hybridized carbons (Fsp3) is 0.409. The number of thiocarbonyl (C=S) groups is 1. The van der Waals surface area contributed by atoms with Crippen LogP contribution < -0.4 is 9.47 Å². The Morgan fingerprint density at radius 2 is 1.74 bits per heavy atom. The van der Waals surface area contributed by atoms with Crippen LogP contribution >= 0.6 is 12.2 Å². The number of nitrogens with zero attached hydrogens (tertiary/aromatic N) is 1. The van der Waals surface area contributed by atoms with Gasteiger partial charge in [0.15, 0.2) is 11.5 Å². The van der Waals surface area contributed by atoms with Crippen molar-refractivity contribution in [3.63, 3.8) is 0 Å². The molecule has 0 N–H and O–H groups in total. The van der Waals surface area contributed by atoms with Gasteiger partial charge < -0.3 is 19.1 Å². The predicted octanol–water partition coefficient (Wildman–Crippen LogP) is 4.37. The minimum atomic E-state index is 0.172. The zero-order valence-electron chi connectivity index (χ0n) is 16.4. The topological polar surface area (TPSA) is 30.9 Å². The third-order valence-corrected chi connectivity index (χ3v) is 5.13. The SMILES string of the molecule is COc1cc(C(=S)N2C[C@H](C)O[C@@H](C)C2)ccc1OCc1ccc(C)cc1. The Kier molecular flexibility index (Phi) is 6.34. The number of ether oxygens (including phenoxy) is 3. The van der Waals surface area contributed by atoms with E-state index in [1.54, 1.807) is 7.11 Å². The van der Waals surface area contributed by atoms with E-state index in [0.29, 0.717) is 18.1 Å². The van der Waals surface area contributed by atoms with Gasteiger partial charge in [-0.2, -0.15) is 0 Å². The van der Waals surface area contributed by atoms with Gasteiger partial charge in [-0.25, -0.2) is 0 Å². The minimum absolute atomic E-state index is 0.172. The molecule has 0 saturated carbocycles. The van der Waals surface area contributed by atoms with Gasteiger partial charge in [0.1, 0.15) is 11.6 Å². The van der Waals surface area contributed by atoms with Crippen LogP contribution in [-0.4, -0.2) is 42.3 Å². The number of aryl methyl sites for hydroxylation is 1. The molecule has 0 aliphatic carbocycles. The lowest BCUT2D eigenvalue weighted by Gasteiger charge is -2.37. The summed E-state index contributed by atoms with van der Waals surface area (Å²) in [5.74, 6) is 1.41. The summed E-state index contributed by atoms with van der Waals surface area (Å²) in [4.78, 5) is 3.02. The molecule has 1 fully saturated rings. The third-order valence-electron chi connectivity index (χ3n) is 4.63. The van der Waals surface area contributed by atoms with Crippen LogP contribution in [0.5, 0.6) is 11.5 Å². The Balaban J connectivity index is 1.71. The molecule has 4 nitrogen and oxygen atoms in total. The lowest BCUT2D eigenvalue weighted by Crippen LogP contribution is -2.47. The number of hydrogen-bond acceptors (Lipinski definition) is 4. The van der Waals surface area contributed by atoms with Crippen molar-refractivity contribution in [1.82, 2.24) is 4.90 Å². The number of rotatable bonds is 5. The van der Waals surface area contributed by atoms with Crippen molar-refractivity contribution < 1.29 is 14.2 Å². The van der Waals surface area contributed by atoms with E-state index < -0.39 is 0 Å². The maximum absolute atomic E-state index is 5.97. The van der Waals surface area contributed by atoms with Crippen molar-refractivity contribution in [2.45, 2.75) is 39.6 Å². The van der Waals surface area contributed by atoms with Gasteiger partial charge in [0.2, 0.25) is 0 Å². The summed E-state index contributed by atoms with van der Waals surface area (Å²) in [5, 5.41) is 0. The molecule has 0 radical (unpaired) electrons. The van der Waals surface area contributed by atoms with E-state index in [9.17, 15) is 0 Å². The highest BCUT2D eigenvalue weighted by Crippen LogP contribution is 2.30. The van der Waals surface area contributed by atoms with Gasteiger partial charge in [-0.3, -0.25) is 0 Å². The normalized spacial score (nSPS) is 19.6. The van der Waals surface area contributed by atoms with Gasteiger partial charge in [0.05, 0.1) is 19.3 Å². The van der Waals surface area contributed by atoms with Crippen LogP contribution in [0.3, 0.4) is 0 Å². The van der Waals surface area contributed by atoms with Crippen molar-refractivity contribution >= 4 is 17.2 Å². The zero-order chi connectivity index (χ0) is 19.4. The quantitative estimate of drug-likeness (QED) is 0.714. The van der Waals surface area contributed by atoms with Gasteiger partial charge in [0, 0.05) is 18.7 Å². The fourth-order valence-corrected chi connectivity index (χ4v) is 3.57. The molecule has 0 spiro atoms. The Labute approximate surface area is 167 Å². The number of benzene rings is 2. The lowest BCUT2D eigenvalue weighted by atomic mass is 10.1. The second kappa shape index (κ2) is 8.72. The Morgan fingerprint density at radius 3 is 2.37 bits per heavy atom. The summed E-state index contributed by atoms with van der Waals surface area (Å²) in [6.07, 6.45) is 0.344. The molecule has 0 amide bonds. The van der Waals surface area contributed by atoms with E-state index in [0.717, 1.165) is 29.2 Å². The van der Waals surface area contributed by atoms with Crippen LogP contribution in [0, 0.1) is 6.92 Å². The lowest BCUT2D eigenvalue weighted by molar-refractivity contribution is -0.0472. The first-order valence-corrected chi connectivity index (χ1v) is 9.68. The second-order valence-electron chi connectivity index (χ2n) is 7.11. The van der Waals surface area contributed by atoms with E-state index in [1.165, 1.54) is 5.56 Å². The average Bonchev–Trinajstić information content (AvgIpc) is 2.66. The molecule has 0 bridgehead atoms. The molecular weight excluding hydrogens is 358 g/mol. The van der Waals surface area contributed by atoms with Crippen LogP contribution in [0.4, 0.5) is 0 Å². The largest absolute Gasteiger partial charge is 0.493 e. The number of hydrogen-bond donors (Lipinski definition) is 0. The molecule has 2 aromatic rings. The van der Waals surface area contributed by atoms with Gasteiger partial charge >= 0.3 is 0 Å². The molecule has 1 aliphatic heterocycles. The Hall–Kier alpha value is -2.11. The van der Waals surface area contributed by atoms with Crippen LogP contribution in [0.1, 0.15) is 30.5 Å². The monoisotopic (exact) mass is 385 g/mol. The summed E-state index contributed by atoms with van der Waals surface area (Å²) in [5.41, 5.74) is 3.32. The highest BCUT2D eigenvalue weighted by Gasteiger charge is 2.25. The van der Waals surface area contributed by atoms with E-state index >= 15 is 0 Å². The average molecular weight is 386 g/mol. The summed E-state index contributed by atoms with van der Waals surface area (Å²) in [7, 11) is 1.65. The molecular formula is C22H27NO3S. The first-order chi connectivity index (χ1) is 13.0. The number of methoxy groups -OCH3 is 1. The minimum Gasteiger partial charge on any atom is -0.493 e. The summed E-state index contributed by atoms with van der Waals surface area (Å²) in [6.45, 7) is 8.33. The molecule has 1 aliphatic rings. The smallest absolute Gasteiger partial charge is 0.161 e. The van der Waals surface area contributed by atoms with Crippen molar-refractivity contribution in [2.24, 2.45) is 0 Å². The van der Waals surface area contributed by atoms with Gasteiger partial charge in [-0.15, -0.1) is 0 Å². The molecule has 3 rings (SSSR count). The molecule has 5 heteroatoms. The van der Waals surface area contributed by atoms with Gasteiger partial charge in [-0.05, 0) is 44.5 Å². The molecule has 1 heterocycles. The van der Waals surface area contributed by atoms with E-state index in [4.69, 9.17) is 26.4 Å². The van der Waals surface area contributed by atoms with E-state index in [1.807, 2.05) is 18.2 Å². The van der Waals surface area contributed by atoms with Crippen molar-refractivity contribution in [1.29, 1.82) is 0 Å². The zero-order valence-corrected chi connectivity index (χ0v) is 17.2. The highest BCUT2D eigenvalue weighted by atomic mass is 32.1.